The highest BCUT2D eigenvalue weighted by Gasteiger charge is 2.31. The SMILES string of the molecule is CCOC(=O)N1CCC(NC(N)=NC[C@H]2CCCN2S(C)(=O)=O)CC1.I. The molecule has 2 saturated heterocycles. The van der Waals surface area contributed by atoms with Crippen LogP contribution in [0.2, 0.25) is 0 Å². The van der Waals surface area contributed by atoms with Crippen LogP contribution >= 0.6 is 24.0 Å². The van der Waals surface area contributed by atoms with Crippen molar-refractivity contribution in [3.8, 4) is 0 Å². The Morgan fingerprint density at radius 2 is 1.92 bits per heavy atom. The van der Waals surface area contributed by atoms with Crippen molar-refractivity contribution in [1.29, 1.82) is 0 Å². The molecule has 0 unspecified atom stereocenters. The zero-order valence-electron chi connectivity index (χ0n) is 15.4. The van der Waals surface area contributed by atoms with Gasteiger partial charge in [-0.3, -0.25) is 4.99 Å². The van der Waals surface area contributed by atoms with Crippen LogP contribution in [-0.2, 0) is 14.8 Å². The fraction of sp³-hybridized carbons (Fsp3) is 0.867. The number of nitrogens with two attached hydrogens (primary N) is 1. The van der Waals surface area contributed by atoms with Crippen molar-refractivity contribution in [2.45, 2.75) is 44.7 Å². The van der Waals surface area contributed by atoms with E-state index in [1.165, 1.54) is 10.6 Å². The van der Waals surface area contributed by atoms with E-state index >= 15 is 0 Å². The van der Waals surface area contributed by atoms with E-state index in [0.29, 0.717) is 38.7 Å². The third-order valence-corrected chi connectivity index (χ3v) is 5.93. The molecule has 0 radical (unpaired) electrons. The Morgan fingerprint density at radius 1 is 1.27 bits per heavy atom. The third kappa shape index (κ3) is 6.72. The second-order valence-corrected chi connectivity index (χ2v) is 8.44. The van der Waals surface area contributed by atoms with E-state index in [2.05, 4.69) is 10.3 Å². The highest BCUT2D eigenvalue weighted by atomic mass is 127. The van der Waals surface area contributed by atoms with Crippen LogP contribution in [0.25, 0.3) is 0 Å². The molecule has 0 saturated carbocycles. The van der Waals surface area contributed by atoms with Gasteiger partial charge in [-0.2, -0.15) is 4.31 Å². The molecule has 152 valence electrons. The number of hydrogen-bond acceptors (Lipinski definition) is 5. The maximum absolute atomic E-state index is 11.7. The molecule has 26 heavy (non-hydrogen) atoms. The van der Waals surface area contributed by atoms with Gasteiger partial charge in [0, 0.05) is 31.7 Å². The Kier molecular flexibility index (Phi) is 9.38. The predicted octanol–water partition coefficient (Wildman–Crippen LogP) is 0.554. The summed E-state index contributed by atoms with van der Waals surface area (Å²) in [5.41, 5.74) is 5.94. The molecule has 0 aromatic carbocycles. The molecule has 0 aliphatic carbocycles. The van der Waals surface area contributed by atoms with Crippen LogP contribution in [0.15, 0.2) is 4.99 Å². The van der Waals surface area contributed by atoms with Crippen molar-refractivity contribution >= 4 is 46.1 Å². The molecule has 2 rings (SSSR count). The fourth-order valence-corrected chi connectivity index (χ4v) is 4.48. The molecule has 11 heteroatoms. The summed E-state index contributed by atoms with van der Waals surface area (Å²) in [6, 6.07) is 0.0463. The molecule has 1 atom stereocenters. The number of aliphatic imine (C=N–C) groups is 1. The first-order valence-corrected chi connectivity index (χ1v) is 10.6. The van der Waals surface area contributed by atoms with Gasteiger partial charge in [0.1, 0.15) is 0 Å². The number of nitrogens with one attached hydrogen (secondary N) is 1. The van der Waals surface area contributed by atoms with Crippen LogP contribution in [-0.4, -0.2) is 80.8 Å². The number of nitrogens with zero attached hydrogens (tertiary/aromatic N) is 3. The molecule has 3 N–H and O–H groups in total. The van der Waals surface area contributed by atoms with Gasteiger partial charge in [-0.25, -0.2) is 13.2 Å². The summed E-state index contributed by atoms with van der Waals surface area (Å²) in [7, 11) is -3.19. The number of hydrogen-bond donors (Lipinski definition) is 2. The molecule has 2 heterocycles. The second kappa shape index (κ2) is 10.5. The Bertz CT molecular complexity index is 593. The molecule has 2 aliphatic heterocycles. The van der Waals surface area contributed by atoms with Crippen LogP contribution in [0.5, 0.6) is 0 Å². The van der Waals surface area contributed by atoms with E-state index in [-0.39, 0.29) is 42.2 Å². The minimum absolute atomic E-state index is 0. The molecule has 2 fully saturated rings. The lowest BCUT2D eigenvalue weighted by Gasteiger charge is -2.31. The van der Waals surface area contributed by atoms with Gasteiger partial charge in [0.2, 0.25) is 10.0 Å². The first-order valence-electron chi connectivity index (χ1n) is 8.76. The average molecular weight is 503 g/mol. The lowest BCUT2D eigenvalue weighted by atomic mass is 10.1. The summed E-state index contributed by atoms with van der Waals surface area (Å²) < 4.78 is 29.9. The van der Waals surface area contributed by atoms with Crippen LogP contribution in [0.3, 0.4) is 0 Å². The lowest BCUT2D eigenvalue weighted by Crippen LogP contribution is -2.48. The first kappa shape index (κ1) is 23.2. The van der Waals surface area contributed by atoms with E-state index in [1.54, 1.807) is 11.8 Å². The topological polar surface area (TPSA) is 117 Å². The Hall–Kier alpha value is -0.820. The highest BCUT2D eigenvalue weighted by molar-refractivity contribution is 14.0. The standard InChI is InChI=1S/C15H29N5O4S.HI/c1-3-24-15(21)19-9-6-12(7-10-19)18-14(16)17-11-13-5-4-8-20(13)25(2,22)23;/h12-13H,3-11H2,1-2H3,(H3,16,17,18);1H/t13-;/m1./s1. The zero-order chi connectivity index (χ0) is 18.4. The minimum Gasteiger partial charge on any atom is -0.450 e. The van der Waals surface area contributed by atoms with Gasteiger partial charge < -0.3 is 20.7 Å². The first-order chi connectivity index (χ1) is 11.8. The van der Waals surface area contributed by atoms with Crippen LogP contribution in [0.1, 0.15) is 32.6 Å². The van der Waals surface area contributed by atoms with E-state index in [4.69, 9.17) is 10.5 Å². The quantitative estimate of drug-likeness (QED) is 0.322. The molecule has 2 aliphatic rings. The van der Waals surface area contributed by atoms with Crippen molar-refractivity contribution in [1.82, 2.24) is 14.5 Å². The molecule has 0 spiro atoms. The summed E-state index contributed by atoms with van der Waals surface area (Å²) >= 11 is 0. The maximum Gasteiger partial charge on any atom is 0.409 e. The fourth-order valence-electron chi connectivity index (χ4n) is 3.31. The summed E-state index contributed by atoms with van der Waals surface area (Å²) in [4.78, 5) is 17.7. The molecule has 0 aromatic heterocycles. The molecular weight excluding hydrogens is 473 g/mol. The highest BCUT2D eigenvalue weighted by Crippen LogP contribution is 2.20. The average Bonchev–Trinajstić information content (AvgIpc) is 3.03. The van der Waals surface area contributed by atoms with Gasteiger partial charge in [0.05, 0.1) is 19.4 Å². The zero-order valence-corrected chi connectivity index (χ0v) is 18.5. The Labute approximate surface area is 172 Å². The maximum atomic E-state index is 11.7. The number of halogens is 1. The summed E-state index contributed by atoms with van der Waals surface area (Å²) in [6.07, 6.45) is 4.16. The number of rotatable bonds is 5. The molecule has 0 aromatic rings. The van der Waals surface area contributed by atoms with Crippen LogP contribution in [0.4, 0.5) is 4.79 Å². The number of ether oxygens (including phenoxy) is 1. The predicted molar refractivity (Wildman–Crippen MR) is 111 cm³/mol. The summed E-state index contributed by atoms with van der Waals surface area (Å²) in [5, 5.41) is 3.17. The monoisotopic (exact) mass is 503 g/mol. The number of piperidine rings is 1. The molecule has 1 amide bonds. The second-order valence-electron chi connectivity index (χ2n) is 6.50. The molecular formula is C15H30IN5O4S. The number of carbonyl (C=O) groups is 1. The smallest absolute Gasteiger partial charge is 0.409 e. The van der Waals surface area contributed by atoms with E-state index < -0.39 is 10.0 Å². The van der Waals surface area contributed by atoms with Gasteiger partial charge in [-0.05, 0) is 32.6 Å². The normalized spacial score (nSPS) is 22.8. The number of sulfonamides is 1. The van der Waals surface area contributed by atoms with Gasteiger partial charge >= 0.3 is 6.09 Å². The number of guanidine groups is 1. The third-order valence-electron chi connectivity index (χ3n) is 4.59. The van der Waals surface area contributed by atoms with Gasteiger partial charge in [0.15, 0.2) is 5.96 Å². The van der Waals surface area contributed by atoms with Gasteiger partial charge in [-0.15, -0.1) is 24.0 Å². The van der Waals surface area contributed by atoms with Gasteiger partial charge in [-0.1, -0.05) is 0 Å². The largest absolute Gasteiger partial charge is 0.450 e. The Morgan fingerprint density at radius 3 is 2.50 bits per heavy atom. The molecule has 9 nitrogen and oxygen atoms in total. The summed E-state index contributed by atoms with van der Waals surface area (Å²) in [5.74, 6) is 0.329. The van der Waals surface area contributed by atoms with Gasteiger partial charge in [0.25, 0.3) is 0 Å². The van der Waals surface area contributed by atoms with Crippen LogP contribution in [0, 0.1) is 0 Å². The lowest BCUT2D eigenvalue weighted by molar-refractivity contribution is 0.0963. The molecule has 0 bridgehead atoms. The van der Waals surface area contributed by atoms with E-state index in [0.717, 1.165) is 25.7 Å². The Balaban J connectivity index is 0.00000338. The minimum atomic E-state index is -3.19. The van der Waals surface area contributed by atoms with Crippen LogP contribution < -0.4 is 11.1 Å². The van der Waals surface area contributed by atoms with Crippen molar-refractivity contribution in [2.75, 3.05) is 39.0 Å². The van der Waals surface area contributed by atoms with Crippen molar-refractivity contribution in [3.63, 3.8) is 0 Å². The van der Waals surface area contributed by atoms with Crippen molar-refractivity contribution < 1.29 is 17.9 Å². The number of amides is 1. The van der Waals surface area contributed by atoms with Crippen molar-refractivity contribution in [2.24, 2.45) is 10.7 Å². The summed E-state index contributed by atoms with van der Waals surface area (Å²) in [6.45, 7) is 4.33. The van der Waals surface area contributed by atoms with E-state index in [1.807, 2.05) is 0 Å². The van der Waals surface area contributed by atoms with Crippen molar-refractivity contribution in [3.05, 3.63) is 0 Å². The van der Waals surface area contributed by atoms with E-state index in [9.17, 15) is 13.2 Å². The number of likely N-dealkylation sites (tertiary alicyclic amines) is 1. The number of carbonyl (C=O) groups excluding carboxylic acids is 1.